The van der Waals surface area contributed by atoms with Crippen LogP contribution in [0, 0.1) is 0 Å². The third kappa shape index (κ3) is 8.34. The summed E-state index contributed by atoms with van der Waals surface area (Å²) in [6, 6.07) is 13.1. The highest BCUT2D eigenvalue weighted by molar-refractivity contribution is 6.00. The van der Waals surface area contributed by atoms with E-state index < -0.39 is 18.0 Å². The number of carbonyl (C=O) groups excluding carboxylic acids is 3. The second-order valence-corrected chi connectivity index (χ2v) is 8.96. The molecule has 0 saturated carbocycles. The van der Waals surface area contributed by atoms with Gasteiger partial charge < -0.3 is 9.47 Å². The Kier molecular flexibility index (Phi) is 10.5. The van der Waals surface area contributed by atoms with Crippen molar-refractivity contribution >= 4 is 17.7 Å². The lowest BCUT2D eigenvalue weighted by molar-refractivity contribution is -0.146. The average Bonchev–Trinajstić information content (AvgIpc) is 2.91. The van der Waals surface area contributed by atoms with Crippen LogP contribution in [0.1, 0.15) is 85.6 Å². The molecule has 0 spiro atoms. The Hall–Kier alpha value is -3.87. The van der Waals surface area contributed by atoms with Gasteiger partial charge in [-0.25, -0.2) is 14.8 Å². The molecule has 3 aromatic rings. The standard InChI is InChI=1S/C30H34N2O5/c1-4-6-7-8-10-22-19-31-29(32-20-22)24-11-13-25(14-12-24)30(35)37-26-17-15-23(16-18-26)28(34)21(3)36-27(33)9-5-2/h11-21H,4-10H2,1-3H3. The van der Waals surface area contributed by atoms with E-state index in [2.05, 4.69) is 16.9 Å². The normalized spacial score (nSPS) is 11.5. The maximum Gasteiger partial charge on any atom is 0.343 e. The molecule has 37 heavy (non-hydrogen) atoms. The predicted octanol–water partition coefficient (Wildman–Crippen LogP) is 6.40. The maximum atomic E-state index is 12.6. The van der Waals surface area contributed by atoms with Crippen LogP contribution in [0.25, 0.3) is 11.4 Å². The van der Waals surface area contributed by atoms with Gasteiger partial charge in [0.25, 0.3) is 0 Å². The number of ether oxygens (including phenoxy) is 2. The molecule has 1 heterocycles. The summed E-state index contributed by atoms with van der Waals surface area (Å²) in [5.41, 5.74) is 2.69. The van der Waals surface area contributed by atoms with Crippen molar-refractivity contribution in [3.63, 3.8) is 0 Å². The van der Waals surface area contributed by atoms with E-state index >= 15 is 0 Å². The topological polar surface area (TPSA) is 95.5 Å². The van der Waals surface area contributed by atoms with Crippen LogP contribution in [0.2, 0.25) is 0 Å². The Morgan fingerprint density at radius 2 is 1.46 bits per heavy atom. The lowest BCUT2D eigenvalue weighted by Crippen LogP contribution is -2.24. The molecule has 0 bridgehead atoms. The van der Waals surface area contributed by atoms with E-state index in [9.17, 15) is 14.4 Å². The summed E-state index contributed by atoms with van der Waals surface area (Å²) in [5.74, 6) is -0.326. The number of unbranched alkanes of at least 4 members (excludes halogenated alkanes) is 3. The van der Waals surface area contributed by atoms with Crippen LogP contribution in [0.4, 0.5) is 0 Å². The zero-order valence-electron chi connectivity index (χ0n) is 21.7. The first-order chi connectivity index (χ1) is 17.9. The molecule has 0 N–H and O–H groups in total. The molecular weight excluding hydrogens is 468 g/mol. The number of hydrogen-bond acceptors (Lipinski definition) is 7. The Morgan fingerprint density at radius 3 is 2.08 bits per heavy atom. The largest absolute Gasteiger partial charge is 0.454 e. The zero-order chi connectivity index (χ0) is 26.6. The smallest absolute Gasteiger partial charge is 0.343 e. The van der Waals surface area contributed by atoms with Gasteiger partial charge >= 0.3 is 11.9 Å². The molecule has 3 rings (SSSR count). The molecule has 0 fully saturated rings. The molecular formula is C30H34N2O5. The first-order valence-electron chi connectivity index (χ1n) is 12.9. The van der Waals surface area contributed by atoms with Gasteiger partial charge in [-0.3, -0.25) is 9.59 Å². The third-order valence-electron chi connectivity index (χ3n) is 5.88. The summed E-state index contributed by atoms with van der Waals surface area (Å²) < 4.78 is 10.6. The highest BCUT2D eigenvalue weighted by Crippen LogP contribution is 2.19. The predicted molar refractivity (Wildman–Crippen MR) is 142 cm³/mol. The summed E-state index contributed by atoms with van der Waals surface area (Å²) >= 11 is 0. The molecule has 0 aliphatic heterocycles. The Morgan fingerprint density at radius 1 is 0.811 bits per heavy atom. The van der Waals surface area contributed by atoms with Crippen LogP contribution in [0.5, 0.6) is 5.75 Å². The van der Waals surface area contributed by atoms with E-state index in [-0.39, 0.29) is 12.2 Å². The lowest BCUT2D eigenvalue weighted by atomic mass is 10.1. The first-order valence-corrected chi connectivity index (χ1v) is 12.9. The van der Waals surface area contributed by atoms with Crippen LogP contribution >= 0.6 is 0 Å². The van der Waals surface area contributed by atoms with Crippen LogP contribution < -0.4 is 4.74 Å². The van der Waals surface area contributed by atoms with Gasteiger partial charge in [0.1, 0.15) is 5.75 Å². The molecule has 2 aromatic carbocycles. The Labute approximate surface area is 218 Å². The number of esters is 2. The fourth-order valence-corrected chi connectivity index (χ4v) is 3.75. The molecule has 0 aliphatic carbocycles. The molecule has 194 valence electrons. The lowest BCUT2D eigenvalue weighted by Gasteiger charge is -2.12. The van der Waals surface area contributed by atoms with Crippen LogP contribution in [0.15, 0.2) is 60.9 Å². The SMILES string of the molecule is CCCCCCc1cnc(-c2ccc(C(=O)Oc3ccc(C(=O)C(C)OC(=O)CCC)cc3)cc2)nc1. The number of Topliss-reactive ketones (excluding diaryl/α,β-unsaturated/α-hetero) is 1. The van der Waals surface area contributed by atoms with E-state index in [4.69, 9.17) is 9.47 Å². The van der Waals surface area contributed by atoms with Crippen molar-refractivity contribution in [2.24, 2.45) is 0 Å². The van der Waals surface area contributed by atoms with E-state index in [1.54, 1.807) is 43.3 Å². The summed E-state index contributed by atoms with van der Waals surface area (Å²) in [5, 5.41) is 0. The second-order valence-electron chi connectivity index (χ2n) is 8.96. The van der Waals surface area contributed by atoms with Crippen molar-refractivity contribution in [1.82, 2.24) is 9.97 Å². The van der Waals surface area contributed by atoms with Gasteiger partial charge in [-0.05, 0) is 68.1 Å². The van der Waals surface area contributed by atoms with Crippen LogP contribution in [-0.2, 0) is 16.0 Å². The minimum atomic E-state index is -0.878. The van der Waals surface area contributed by atoms with E-state index in [0.29, 0.717) is 29.1 Å². The minimum Gasteiger partial charge on any atom is -0.454 e. The second kappa shape index (κ2) is 14.0. The number of hydrogen-bond donors (Lipinski definition) is 0. The number of rotatable bonds is 13. The summed E-state index contributed by atoms with van der Waals surface area (Å²) in [7, 11) is 0. The van der Waals surface area contributed by atoms with Crippen molar-refractivity contribution in [1.29, 1.82) is 0 Å². The molecule has 0 aliphatic rings. The van der Waals surface area contributed by atoms with Gasteiger partial charge in [-0.1, -0.05) is 45.2 Å². The fourth-order valence-electron chi connectivity index (χ4n) is 3.75. The number of aryl methyl sites for hydroxylation is 1. The Balaban J connectivity index is 1.55. The Bertz CT molecular complexity index is 1170. The molecule has 7 heteroatoms. The molecule has 0 radical (unpaired) electrons. The third-order valence-corrected chi connectivity index (χ3v) is 5.88. The molecule has 1 unspecified atom stereocenters. The maximum absolute atomic E-state index is 12.6. The van der Waals surface area contributed by atoms with Gasteiger partial charge in [0.15, 0.2) is 11.9 Å². The molecule has 0 saturated heterocycles. The van der Waals surface area contributed by atoms with Crippen molar-refractivity contribution in [2.75, 3.05) is 0 Å². The van der Waals surface area contributed by atoms with Gasteiger partial charge in [-0.15, -0.1) is 0 Å². The zero-order valence-corrected chi connectivity index (χ0v) is 21.7. The molecule has 1 aromatic heterocycles. The van der Waals surface area contributed by atoms with Gasteiger partial charge in [-0.2, -0.15) is 0 Å². The molecule has 1 atom stereocenters. The fraction of sp³-hybridized carbons (Fsp3) is 0.367. The monoisotopic (exact) mass is 502 g/mol. The average molecular weight is 503 g/mol. The number of ketones is 1. The number of benzene rings is 2. The number of carbonyl (C=O) groups is 3. The molecule has 0 amide bonds. The van der Waals surface area contributed by atoms with Gasteiger partial charge in [0, 0.05) is 29.9 Å². The number of aromatic nitrogens is 2. The van der Waals surface area contributed by atoms with Crippen LogP contribution in [0.3, 0.4) is 0 Å². The van der Waals surface area contributed by atoms with Gasteiger partial charge in [0.05, 0.1) is 5.56 Å². The molecule has 7 nitrogen and oxygen atoms in total. The van der Waals surface area contributed by atoms with Crippen molar-refractivity contribution in [2.45, 2.75) is 71.8 Å². The summed E-state index contributed by atoms with van der Waals surface area (Å²) in [6.07, 6.45) is 9.56. The van der Waals surface area contributed by atoms with Gasteiger partial charge in [0.2, 0.25) is 5.78 Å². The minimum absolute atomic E-state index is 0.270. The van der Waals surface area contributed by atoms with Crippen molar-refractivity contribution < 1.29 is 23.9 Å². The highest BCUT2D eigenvalue weighted by Gasteiger charge is 2.19. The highest BCUT2D eigenvalue weighted by atomic mass is 16.5. The van der Waals surface area contributed by atoms with E-state index in [0.717, 1.165) is 24.0 Å². The quantitative estimate of drug-likeness (QED) is 0.115. The summed E-state index contributed by atoms with van der Waals surface area (Å²) in [4.78, 5) is 45.6. The van der Waals surface area contributed by atoms with Crippen molar-refractivity contribution in [3.05, 3.63) is 77.6 Å². The van der Waals surface area contributed by atoms with E-state index in [1.165, 1.54) is 31.4 Å². The van der Waals surface area contributed by atoms with Crippen molar-refractivity contribution in [3.8, 4) is 17.1 Å². The first kappa shape index (κ1) is 27.7. The number of nitrogens with zero attached hydrogens (tertiary/aromatic N) is 2. The van der Waals surface area contributed by atoms with Crippen LogP contribution in [-0.4, -0.2) is 33.8 Å². The summed E-state index contributed by atoms with van der Waals surface area (Å²) in [6.45, 7) is 5.61. The van der Waals surface area contributed by atoms with E-state index in [1.807, 2.05) is 19.3 Å².